The first-order valence-corrected chi connectivity index (χ1v) is 18.1. The van der Waals surface area contributed by atoms with Crippen LogP contribution in [-0.2, 0) is 36.7 Å². The van der Waals surface area contributed by atoms with Gasteiger partial charge >= 0.3 is 19.3 Å². The number of aliphatic hydroxyl groups excluding tert-OH is 2. The molecule has 2 unspecified atom stereocenters. The van der Waals surface area contributed by atoms with Gasteiger partial charge in [0, 0.05) is 5.56 Å². The summed E-state index contributed by atoms with van der Waals surface area (Å²) < 4.78 is 63.5. The Kier molecular flexibility index (Phi) is 7.63. The van der Waals surface area contributed by atoms with Crippen molar-refractivity contribution >= 4 is 60.7 Å². The molecule has 3 aliphatic rings. The quantitative estimate of drug-likeness (QED) is 0.117. The van der Waals surface area contributed by atoms with Crippen LogP contribution in [0.3, 0.4) is 0 Å². The lowest BCUT2D eigenvalue weighted by molar-refractivity contribution is -0.0533. The molecule has 0 spiro atoms. The predicted molar refractivity (Wildman–Crippen MR) is 152 cm³/mol. The van der Waals surface area contributed by atoms with Gasteiger partial charge in [-0.2, -0.15) is 9.61 Å². The van der Waals surface area contributed by atoms with Crippen molar-refractivity contribution in [3.8, 4) is 0 Å². The number of fused-ring (bicyclic) bond motifs is 5. The number of imidazole rings is 1. The number of nitrogens with two attached hydrogens (primary N) is 1. The van der Waals surface area contributed by atoms with Crippen LogP contribution in [0.15, 0.2) is 30.0 Å². The molecule has 0 aromatic carbocycles. The van der Waals surface area contributed by atoms with Crippen LogP contribution in [0, 0.1) is 0 Å². The molecule has 0 saturated carbocycles. The van der Waals surface area contributed by atoms with E-state index in [2.05, 4.69) is 54.5 Å². The second-order valence-electron chi connectivity index (χ2n) is 9.94. The third-order valence-electron chi connectivity index (χ3n) is 7.27. The molecule has 24 heteroatoms. The summed E-state index contributed by atoms with van der Waals surface area (Å²) in [5.74, 6) is 0.0847. The predicted octanol–water partition coefficient (Wildman–Crippen LogP) is -0.208. The van der Waals surface area contributed by atoms with Gasteiger partial charge in [-0.1, -0.05) is 24.5 Å². The van der Waals surface area contributed by atoms with Crippen LogP contribution < -0.4 is 11.4 Å². The number of hydrogen-bond donors (Lipinski definition) is 6. The fraction of sp³-hybridized carbons (Fsp3) is 0.500. The summed E-state index contributed by atoms with van der Waals surface area (Å²) >= 11 is 8.14. The Labute approximate surface area is 255 Å². The number of ether oxygens (including phenoxy) is 2. The van der Waals surface area contributed by atoms with Gasteiger partial charge < -0.3 is 25.4 Å². The molecule has 4 aromatic rings. The summed E-state index contributed by atoms with van der Waals surface area (Å²) in [5.41, 5.74) is 6.04. The average molecular weight is 692 g/mol. The number of aliphatic hydroxyl groups is 2. The van der Waals surface area contributed by atoms with Gasteiger partial charge in [-0.3, -0.25) is 27.6 Å². The zero-order chi connectivity index (χ0) is 31.0. The average Bonchev–Trinajstić information content (AvgIpc) is 3.73. The highest BCUT2D eigenvalue weighted by Gasteiger charge is 2.53. The van der Waals surface area contributed by atoms with Gasteiger partial charge in [0.2, 0.25) is 0 Å². The second kappa shape index (κ2) is 11.1. The highest BCUT2D eigenvalue weighted by atomic mass is 32.7. The van der Waals surface area contributed by atoms with E-state index in [4.69, 9.17) is 33.3 Å². The lowest BCUT2D eigenvalue weighted by Gasteiger charge is -2.26. The molecular weight excluding hydrogens is 668 g/mol. The van der Waals surface area contributed by atoms with E-state index in [-0.39, 0.29) is 28.2 Å². The number of hydrogen-bond acceptors (Lipinski definition) is 17. The molecule has 5 N–H and O–H groups in total. The maximum atomic E-state index is 13.5. The second-order valence-corrected chi connectivity index (χ2v) is 15.7. The molecule has 10 atom stereocenters. The van der Waals surface area contributed by atoms with E-state index < -0.39 is 81.5 Å². The van der Waals surface area contributed by atoms with Crippen LogP contribution in [0.1, 0.15) is 17.9 Å². The van der Waals surface area contributed by atoms with Crippen LogP contribution in [0.2, 0.25) is 0 Å². The van der Waals surface area contributed by atoms with E-state index >= 15 is 0 Å². The summed E-state index contributed by atoms with van der Waals surface area (Å²) in [4.78, 5) is 30.8. The highest BCUT2D eigenvalue weighted by Crippen LogP contribution is 2.60. The fourth-order valence-electron chi connectivity index (χ4n) is 5.26. The van der Waals surface area contributed by atoms with Crippen molar-refractivity contribution in [1.29, 1.82) is 0 Å². The van der Waals surface area contributed by atoms with Crippen LogP contribution >= 0.6 is 38.1 Å². The summed E-state index contributed by atoms with van der Waals surface area (Å²) in [5, 5.41) is 26.3. The maximum absolute atomic E-state index is 13.5. The molecule has 236 valence electrons. The zero-order valence-corrected chi connectivity index (χ0v) is 25.5. The number of H-pyrrole nitrogens is 1. The van der Waals surface area contributed by atoms with Crippen LogP contribution in [0.5, 0.6) is 0 Å². The molecule has 3 fully saturated rings. The van der Waals surface area contributed by atoms with Crippen molar-refractivity contribution in [3.05, 3.63) is 41.2 Å². The number of nitrogens with one attached hydrogen (secondary N) is 1. The largest absolute Gasteiger partial charge is 0.387 e. The topological polar surface area (TPSA) is 263 Å². The summed E-state index contributed by atoms with van der Waals surface area (Å²) in [6, 6.07) is 0. The summed E-state index contributed by atoms with van der Waals surface area (Å²) in [7, 11) is 0. The fourth-order valence-corrected chi connectivity index (χ4v) is 8.21. The molecule has 4 aromatic heterocycles. The number of anilines is 1. The van der Waals surface area contributed by atoms with Gasteiger partial charge in [0.05, 0.1) is 32.1 Å². The zero-order valence-electron chi connectivity index (χ0n) is 21.9. The lowest BCUT2D eigenvalue weighted by atomic mass is 10.0. The molecule has 44 heavy (non-hydrogen) atoms. The lowest BCUT2D eigenvalue weighted by Crippen LogP contribution is -2.35. The normalized spacial score (nSPS) is 38.3. The number of aromatic amines is 1. The first-order valence-electron chi connectivity index (χ1n) is 12.8. The number of aromatic nitrogens is 8. The Morgan fingerprint density at radius 3 is 2.45 bits per heavy atom. The SMILES string of the molecule is Nc1ncnc2c1ncn2[C@@H]1O[C@@H]2COP(=O)(S)O[C@H]3[C@@H](O)[C@H](c4cnn5c(=O)[nH]cnc45)O[C@@H]3COP(=O)(S)O[C@@H]1[C@@H]2O. The van der Waals surface area contributed by atoms with Crippen LogP contribution in [0.4, 0.5) is 5.82 Å². The minimum atomic E-state index is -4.33. The minimum Gasteiger partial charge on any atom is -0.387 e. The molecule has 3 saturated heterocycles. The Bertz CT molecular complexity index is 1890. The summed E-state index contributed by atoms with van der Waals surface area (Å²) in [6.07, 6.45) is -5.85. The molecule has 2 bridgehead atoms. The molecule has 0 amide bonds. The molecule has 0 radical (unpaired) electrons. The van der Waals surface area contributed by atoms with Crippen molar-refractivity contribution in [2.24, 2.45) is 0 Å². The number of thiol groups is 2. The minimum absolute atomic E-state index is 0.0776. The molecule has 3 aliphatic heterocycles. The van der Waals surface area contributed by atoms with E-state index in [0.717, 1.165) is 10.8 Å². The number of nitrogen functional groups attached to an aromatic ring is 1. The molecule has 7 rings (SSSR count). The highest BCUT2D eigenvalue weighted by molar-refractivity contribution is 8.44. The van der Waals surface area contributed by atoms with Crippen LogP contribution in [-0.4, -0.2) is 99.2 Å². The van der Waals surface area contributed by atoms with E-state index in [1.165, 1.54) is 23.4 Å². The summed E-state index contributed by atoms with van der Waals surface area (Å²) in [6.45, 7) is -9.75. The molecule has 20 nitrogen and oxygen atoms in total. The van der Waals surface area contributed by atoms with E-state index in [9.17, 15) is 24.1 Å². The van der Waals surface area contributed by atoms with Crippen molar-refractivity contribution < 1.29 is 46.9 Å². The molecular formula is C20H23N9O11P2S2. The Hall–Kier alpha value is -2.46. The van der Waals surface area contributed by atoms with Gasteiger partial charge in [0.1, 0.15) is 54.6 Å². The van der Waals surface area contributed by atoms with Crippen molar-refractivity contribution in [1.82, 2.24) is 39.1 Å². The number of rotatable bonds is 2. The van der Waals surface area contributed by atoms with Gasteiger partial charge in [-0.25, -0.2) is 33.9 Å². The van der Waals surface area contributed by atoms with E-state index in [1.807, 2.05) is 0 Å². The van der Waals surface area contributed by atoms with E-state index in [1.54, 1.807) is 0 Å². The van der Waals surface area contributed by atoms with Gasteiger partial charge in [-0.15, -0.1) is 0 Å². The monoisotopic (exact) mass is 691 g/mol. The third-order valence-corrected chi connectivity index (χ3v) is 10.5. The maximum Gasteiger partial charge on any atom is 0.386 e. The van der Waals surface area contributed by atoms with Crippen molar-refractivity contribution in [2.75, 3.05) is 18.9 Å². The smallest absolute Gasteiger partial charge is 0.386 e. The van der Waals surface area contributed by atoms with Crippen molar-refractivity contribution in [2.45, 2.75) is 49.0 Å². The Morgan fingerprint density at radius 1 is 0.955 bits per heavy atom. The van der Waals surface area contributed by atoms with Gasteiger partial charge in [0.25, 0.3) is 0 Å². The molecule has 0 aliphatic carbocycles. The van der Waals surface area contributed by atoms with Crippen molar-refractivity contribution in [3.63, 3.8) is 0 Å². The molecule has 7 heterocycles. The standard InChI is InChI=1S/C20H23N9O11P2S2/c21-16-10-18(24-4-22-16)28(6-26-10)19-15-11(30)8(38-19)2-35-41(33,43)39-14-9(3-36-42(34,44)40-15)37-13(12(14)31)7-1-27-29-17(7)23-5-25-20(29)32/h1,4-6,8-9,11-15,19,30-31H,2-3H2,(H,33,43)(H,34,44)(H2,21,22,24)(H,23,25,32)/t8-,9-,11-,12+,13+,14-,15-,19-,41?,42?/m1/s1. The van der Waals surface area contributed by atoms with Gasteiger partial charge in [-0.05, 0) is 0 Å². The first kappa shape index (κ1) is 30.2. The van der Waals surface area contributed by atoms with E-state index in [0.29, 0.717) is 0 Å². The van der Waals surface area contributed by atoms with Crippen LogP contribution in [0.25, 0.3) is 16.8 Å². The third kappa shape index (κ3) is 5.27. The number of nitrogens with zero attached hydrogens (tertiary/aromatic N) is 7. The Morgan fingerprint density at radius 2 is 1.68 bits per heavy atom. The first-order chi connectivity index (χ1) is 20.9. The Balaban J connectivity index is 1.20. The van der Waals surface area contributed by atoms with Gasteiger partial charge in [0.15, 0.2) is 23.3 Å².